The summed E-state index contributed by atoms with van der Waals surface area (Å²) in [6.07, 6.45) is 1.43. The first-order chi connectivity index (χ1) is 12.6. The molecule has 0 atom stereocenters. The lowest BCUT2D eigenvalue weighted by atomic mass is 10.1. The molecule has 26 heavy (non-hydrogen) atoms. The molecule has 7 nitrogen and oxygen atoms in total. The van der Waals surface area contributed by atoms with Gasteiger partial charge in [0.25, 0.3) is 11.5 Å². The predicted molar refractivity (Wildman–Crippen MR) is 97.2 cm³/mol. The molecule has 0 radical (unpaired) electrons. The van der Waals surface area contributed by atoms with Crippen LogP contribution >= 0.6 is 11.3 Å². The number of hydrogen-bond acceptors (Lipinski definition) is 6. The van der Waals surface area contributed by atoms with Crippen molar-refractivity contribution in [2.45, 2.75) is 13.5 Å². The van der Waals surface area contributed by atoms with Gasteiger partial charge in [-0.2, -0.15) is 9.61 Å². The van der Waals surface area contributed by atoms with Gasteiger partial charge in [0.15, 0.2) is 5.76 Å². The van der Waals surface area contributed by atoms with Crippen molar-refractivity contribution in [2.75, 3.05) is 0 Å². The van der Waals surface area contributed by atoms with Crippen molar-refractivity contribution in [3.05, 3.63) is 76.1 Å². The van der Waals surface area contributed by atoms with Gasteiger partial charge in [0.1, 0.15) is 5.01 Å². The summed E-state index contributed by atoms with van der Waals surface area (Å²) in [6.45, 7) is 2.12. The van der Waals surface area contributed by atoms with E-state index in [9.17, 15) is 9.59 Å². The van der Waals surface area contributed by atoms with Crippen LogP contribution in [0.4, 0.5) is 0 Å². The molecule has 0 aliphatic carbocycles. The molecule has 0 aliphatic heterocycles. The van der Waals surface area contributed by atoms with Gasteiger partial charge in [-0.3, -0.25) is 9.59 Å². The zero-order chi connectivity index (χ0) is 18.1. The molecule has 4 rings (SSSR count). The smallest absolute Gasteiger partial charge is 0.287 e. The quantitative estimate of drug-likeness (QED) is 0.600. The van der Waals surface area contributed by atoms with Gasteiger partial charge in [0.05, 0.1) is 18.5 Å². The van der Waals surface area contributed by atoms with Crippen LogP contribution in [0.2, 0.25) is 0 Å². The number of nitrogens with zero attached hydrogens (tertiary/aromatic N) is 3. The summed E-state index contributed by atoms with van der Waals surface area (Å²) in [5, 5.41) is 7.79. The minimum Gasteiger partial charge on any atom is -0.459 e. The summed E-state index contributed by atoms with van der Waals surface area (Å²) >= 11 is 1.33. The Morgan fingerprint density at radius 3 is 2.88 bits per heavy atom. The molecule has 0 spiro atoms. The molecule has 1 N–H and O–H groups in total. The highest BCUT2D eigenvalue weighted by atomic mass is 32.1. The minimum absolute atomic E-state index is 0.128. The Kier molecular flexibility index (Phi) is 4.10. The van der Waals surface area contributed by atoms with E-state index in [0.717, 1.165) is 16.1 Å². The number of benzene rings is 1. The normalized spacial score (nSPS) is 11.0. The van der Waals surface area contributed by atoms with E-state index < -0.39 is 0 Å². The lowest BCUT2D eigenvalue weighted by Crippen LogP contribution is -2.24. The SMILES string of the molecule is Cc1ccccc1-c1nn2c(=O)cc(CNC(=O)c3ccco3)nc2s1. The van der Waals surface area contributed by atoms with E-state index in [1.807, 2.05) is 31.2 Å². The molecule has 0 saturated heterocycles. The molecule has 0 unspecified atom stereocenters. The molecule has 0 saturated carbocycles. The average molecular weight is 366 g/mol. The molecule has 1 amide bonds. The second-order valence-electron chi connectivity index (χ2n) is 5.66. The predicted octanol–water partition coefficient (Wildman–Crippen LogP) is 2.65. The summed E-state index contributed by atoms with van der Waals surface area (Å²) in [5.74, 6) is -0.149. The fraction of sp³-hybridized carbons (Fsp3) is 0.111. The molecule has 0 fully saturated rings. The zero-order valence-corrected chi connectivity index (χ0v) is 14.6. The summed E-state index contributed by atoms with van der Waals surface area (Å²) in [5.41, 5.74) is 2.23. The molecule has 1 aromatic carbocycles. The Bertz CT molecular complexity index is 1140. The largest absolute Gasteiger partial charge is 0.459 e. The van der Waals surface area contributed by atoms with Crippen molar-refractivity contribution >= 4 is 22.2 Å². The number of carbonyl (C=O) groups excluding carboxylic acids is 1. The molecule has 3 aromatic heterocycles. The molecular weight excluding hydrogens is 352 g/mol. The standard InChI is InChI=1S/C18H14N4O3S/c1-11-5-2-3-6-13(11)17-21-22-15(23)9-12(20-18(22)26-17)10-19-16(24)14-7-4-8-25-14/h2-9H,10H2,1H3,(H,19,24). The van der Waals surface area contributed by atoms with E-state index in [4.69, 9.17) is 4.42 Å². The number of fused-ring (bicyclic) bond motifs is 1. The van der Waals surface area contributed by atoms with Crippen LogP contribution in [-0.2, 0) is 6.54 Å². The van der Waals surface area contributed by atoms with Crippen LogP contribution in [0, 0.1) is 6.92 Å². The molecule has 0 aliphatic rings. The van der Waals surface area contributed by atoms with E-state index in [0.29, 0.717) is 10.7 Å². The number of hydrogen-bond donors (Lipinski definition) is 1. The Morgan fingerprint density at radius 2 is 2.12 bits per heavy atom. The number of nitrogens with one attached hydrogen (secondary N) is 1. The highest BCUT2D eigenvalue weighted by Crippen LogP contribution is 2.26. The Hall–Kier alpha value is -3.26. The third-order valence-electron chi connectivity index (χ3n) is 3.85. The van der Waals surface area contributed by atoms with Gasteiger partial charge in [0.2, 0.25) is 4.96 Å². The minimum atomic E-state index is -0.359. The van der Waals surface area contributed by atoms with Gasteiger partial charge in [-0.25, -0.2) is 4.98 Å². The van der Waals surface area contributed by atoms with Crippen LogP contribution in [0.5, 0.6) is 0 Å². The first-order valence-electron chi connectivity index (χ1n) is 7.89. The van der Waals surface area contributed by atoms with Crippen molar-refractivity contribution in [1.29, 1.82) is 0 Å². The third-order valence-corrected chi connectivity index (χ3v) is 4.79. The van der Waals surface area contributed by atoms with E-state index in [1.165, 1.54) is 28.2 Å². The van der Waals surface area contributed by atoms with Crippen LogP contribution in [-0.4, -0.2) is 20.5 Å². The fourth-order valence-electron chi connectivity index (χ4n) is 2.53. The summed E-state index contributed by atoms with van der Waals surface area (Å²) in [6, 6.07) is 12.4. The van der Waals surface area contributed by atoms with Gasteiger partial charge in [0, 0.05) is 11.6 Å². The topological polar surface area (TPSA) is 89.5 Å². The number of amides is 1. The molecular formula is C18H14N4O3S. The van der Waals surface area contributed by atoms with Gasteiger partial charge in [-0.05, 0) is 24.6 Å². The molecule has 3 heterocycles. The Morgan fingerprint density at radius 1 is 1.27 bits per heavy atom. The van der Waals surface area contributed by atoms with Crippen molar-refractivity contribution in [2.24, 2.45) is 0 Å². The van der Waals surface area contributed by atoms with Crippen LogP contribution < -0.4 is 10.9 Å². The Balaban J connectivity index is 1.63. The second kappa shape index (κ2) is 6.57. The first-order valence-corrected chi connectivity index (χ1v) is 8.71. The zero-order valence-electron chi connectivity index (χ0n) is 13.8. The van der Waals surface area contributed by atoms with Crippen molar-refractivity contribution < 1.29 is 9.21 Å². The van der Waals surface area contributed by atoms with E-state index in [1.54, 1.807) is 12.1 Å². The number of aromatic nitrogens is 3. The monoisotopic (exact) mass is 366 g/mol. The van der Waals surface area contributed by atoms with Gasteiger partial charge < -0.3 is 9.73 Å². The molecule has 4 aromatic rings. The maximum absolute atomic E-state index is 12.3. The molecule has 130 valence electrons. The van der Waals surface area contributed by atoms with Crippen LogP contribution in [0.15, 0.2) is 57.9 Å². The average Bonchev–Trinajstić information content (AvgIpc) is 3.30. The highest BCUT2D eigenvalue weighted by molar-refractivity contribution is 7.19. The molecule has 8 heteroatoms. The maximum atomic E-state index is 12.3. The second-order valence-corrected chi connectivity index (χ2v) is 6.62. The Labute approximate surface area is 151 Å². The fourth-order valence-corrected chi connectivity index (χ4v) is 3.55. The summed E-state index contributed by atoms with van der Waals surface area (Å²) < 4.78 is 6.32. The summed E-state index contributed by atoms with van der Waals surface area (Å²) in [4.78, 5) is 29.2. The summed E-state index contributed by atoms with van der Waals surface area (Å²) in [7, 11) is 0. The lowest BCUT2D eigenvalue weighted by Gasteiger charge is -2.02. The number of aryl methyl sites for hydroxylation is 1. The lowest BCUT2D eigenvalue weighted by molar-refractivity contribution is 0.0922. The van der Waals surface area contributed by atoms with E-state index >= 15 is 0 Å². The van der Waals surface area contributed by atoms with Crippen LogP contribution in [0.25, 0.3) is 15.5 Å². The highest BCUT2D eigenvalue weighted by Gasteiger charge is 2.13. The first kappa shape index (κ1) is 16.2. The van der Waals surface area contributed by atoms with Gasteiger partial charge >= 0.3 is 0 Å². The van der Waals surface area contributed by atoms with E-state index in [-0.39, 0.29) is 23.8 Å². The molecule has 0 bridgehead atoms. The van der Waals surface area contributed by atoms with Crippen molar-refractivity contribution in [3.8, 4) is 10.6 Å². The van der Waals surface area contributed by atoms with Crippen molar-refractivity contribution in [1.82, 2.24) is 19.9 Å². The van der Waals surface area contributed by atoms with Gasteiger partial charge in [-0.1, -0.05) is 35.6 Å². The van der Waals surface area contributed by atoms with Crippen LogP contribution in [0.3, 0.4) is 0 Å². The van der Waals surface area contributed by atoms with Gasteiger partial charge in [-0.15, -0.1) is 0 Å². The van der Waals surface area contributed by atoms with Crippen molar-refractivity contribution in [3.63, 3.8) is 0 Å². The van der Waals surface area contributed by atoms with Crippen LogP contribution in [0.1, 0.15) is 21.8 Å². The third kappa shape index (κ3) is 3.02. The number of carbonyl (C=O) groups is 1. The van der Waals surface area contributed by atoms with E-state index in [2.05, 4.69) is 15.4 Å². The maximum Gasteiger partial charge on any atom is 0.287 e. The number of furan rings is 1. The number of rotatable bonds is 4.